The number of carboxylic acid groups (broad SMARTS) is 1. The summed E-state index contributed by atoms with van der Waals surface area (Å²) in [7, 11) is -2.46. The average Bonchev–Trinajstić information content (AvgIpc) is 3.24. The third kappa shape index (κ3) is 3.62. The van der Waals surface area contributed by atoms with Crippen molar-refractivity contribution in [3.63, 3.8) is 0 Å². The largest absolute Gasteiger partial charge is 0.465 e. The number of hydrogen-bond donors (Lipinski definition) is 1. The van der Waals surface area contributed by atoms with Crippen LogP contribution in [0.3, 0.4) is 0 Å². The number of carbonyl (C=O) groups is 1. The lowest BCUT2D eigenvalue weighted by Gasteiger charge is -2.11. The first-order valence-electron chi connectivity index (χ1n) is 7.48. The molecular formula is C17H15ClN2O4S2. The Balaban J connectivity index is 2.13. The van der Waals surface area contributed by atoms with Gasteiger partial charge in [0, 0.05) is 29.2 Å². The van der Waals surface area contributed by atoms with Crippen molar-refractivity contribution in [2.24, 2.45) is 0 Å². The lowest BCUT2D eigenvalue weighted by atomic mass is 10.2. The summed E-state index contributed by atoms with van der Waals surface area (Å²) >= 11 is 7.39. The molecule has 0 aliphatic rings. The van der Waals surface area contributed by atoms with Crippen molar-refractivity contribution in [3.8, 4) is 11.3 Å². The zero-order chi connectivity index (χ0) is 18.9. The van der Waals surface area contributed by atoms with Crippen LogP contribution in [0.2, 0.25) is 5.02 Å². The van der Waals surface area contributed by atoms with Crippen LogP contribution in [0.15, 0.2) is 58.3 Å². The molecule has 136 valence electrons. The van der Waals surface area contributed by atoms with E-state index in [4.69, 9.17) is 16.7 Å². The van der Waals surface area contributed by atoms with Gasteiger partial charge in [0.05, 0.1) is 17.1 Å². The summed E-state index contributed by atoms with van der Waals surface area (Å²) in [6, 6.07) is 9.53. The standard InChI is InChI=1S/C17H15ClN2O4S2/c1-19(17(21)22)9-12-7-16(13-5-6-25-11-13)20(10-12)26(23,24)15-4-2-3-14(18)8-15/h2-8,10-11H,9H2,1H3,(H,21,22). The van der Waals surface area contributed by atoms with Gasteiger partial charge in [-0.3, -0.25) is 0 Å². The molecule has 0 spiro atoms. The van der Waals surface area contributed by atoms with Gasteiger partial charge in [0.15, 0.2) is 0 Å². The summed E-state index contributed by atoms with van der Waals surface area (Å²) in [6.07, 6.45) is 0.357. The van der Waals surface area contributed by atoms with Gasteiger partial charge in [-0.25, -0.2) is 17.2 Å². The second-order valence-corrected chi connectivity index (χ2v) is 8.67. The van der Waals surface area contributed by atoms with E-state index in [0.29, 0.717) is 16.3 Å². The normalized spacial score (nSPS) is 11.5. The Hall–Kier alpha value is -2.29. The molecule has 0 aliphatic carbocycles. The van der Waals surface area contributed by atoms with E-state index in [1.54, 1.807) is 18.2 Å². The van der Waals surface area contributed by atoms with E-state index in [2.05, 4.69) is 0 Å². The fourth-order valence-electron chi connectivity index (χ4n) is 2.49. The SMILES string of the molecule is CN(Cc1cc(-c2ccsc2)n(S(=O)(=O)c2cccc(Cl)c2)c1)C(=O)O. The van der Waals surface area contributed by atoms with Crippen LogP contribution >= 0.6 is 22.9 Å². The van der Waals surface area contributed by atoms with E-state index in [0.717, 1.165) is 10.5 Å². The quantitative estimate of drug-likeness (QED) is 0.683. The molecule has 2 aromatic heterocycles. The molecule has 9 heteroatoms. The van der Waals surface area contributed by atoms with Gasteiger partial charge in [-0.2, -0.15) is 11.3 Å². The van der Waals surface area contributed by atoms with Crippen LogP contribution in [0, 0.1) is 0 Å². The second-order valence-electron chi connectivity index (χ2n) is 5.64. The Bertz CT molecular complexity index is 1040. The third-order valence-corrected chi connectivity index (χ3v) is 6.35. The van der Waals surface area contributed by atoms with Crippen LogP contribution in [-0.2, 0) is 16.6 Å². The van der Waals surface area contributed by atoms with Crippen molar-refractivity contribution in [2.45, 2.75) is 11.4 Å². The van der Waals surface area contributed by atoms with E-state index in [-0.39, 0.29) is 11.4 Å². The van der Waals surface area contributed by atoms with Gasteiger partial charge in [0.2, 0.25) is 0 Å². The van der Waals surface area contributed by atoms with Crippen molar-refractivity contribution < 1.29 is 18.3 Å². The van der Waals surface area contributed by atoms with E-state index in [1.807, 2.05) is 16.8 Å². The molecule has 0 saturated heterocycles. The molecule has 0 aliphatic heterocycles. The van der Waals surface area contributed by atoms with Crippen LogP contribution in [-0.4, -0.2) is 35.5 Å². The molecule has 1 N–H and O–H groups in total. The molecule has 3 rings (SSSR count). The fourth-order valence-corrected chi connectivity index (χ4v) is 4.83. The highest BCUT2D eigenvalue weighted by atomic mass is 35.5. The number of amides is 1. The van der Waals surface area contributed by atoms with Crippen LogP contribution < -0.4 is 0 Å². The number of aromatic nitrogens is 1. The molecule has 2 heterocycles. The second kappa shape index (κ2) is 7.14. The van der Waals surface area contributed by atoms with Crippen LogP contribution in [0.5, 0.6) is 0 Å². The molecule has 6 nitrogen and oxygen atoms in total. The Labute approximate surface area is 159 Å². The minimum atomic E-state index is -3.88. The summed E-state index contributed by atoms with van der Waals surface area (Å²) in [5, 5.41) is 13.1. The van der Waals surface area contributed by atoms with E-state index in [1.165, 1.54) is 40.7 Å². The molecule has 0 radical (unpaired) electrons. The number of benzene rings is 1. The Morgan fingerprint density at radius 3 is 2.69 bits per heavy atom. The highest BCUT2D eigenvalue weighted by Gasteiger charge is 2.23. The molecule has 0 bridgehead atoms. The minimum Gasteiger partial charge on any atom is -0.465 e. The summed E-state index contributed by atoms with van der Waals surface area (Å²) in [5.41, 5.74) is 1.78. The van der Waals surface area contributed by atoms with Crippen LogP contribution in [0.25, 0.3) is 11.3 Å². The summed E-state index contributed by atoms with van der Waals surface area (Å²) < 4.78 is 27.4. The smallest absolute Gasteiger partial charge is 0.407 e. The number of hydrogen-bond acceptors (Lipinski definition) is 4. The number of thiophene rings is 1. The Morgan fingerprint density at radius 2 is 2.08 bits per heavy atom. The highest BCUT2D eigenvalue weighted by Crippen LogP contribution is 2.29. The highest BCUT2D eigenvalue weighted by molar-refractivity contribution is 7.90. The van der Waals surface area contributed by atoms with E-state index < -0.39 is 16.1 Å². The molecule has 0 saturated carbocycles. The first-order chi connectivity index (χ1) is 12.3. The maximum Gasteiger partial charge on any atom is 0.407 e. The summed E-state index contributed by atoms with van der Waals surface area (Å²) in [4.78, 5) is 12.2. The molecular weight excluding hydrogens is 396 g/mol. The number of halogens is 1. The average molecular weight is 411 g/mol. The van der Waals surface area contributed by atoms with Crippen LogP contribution in [0.1, 0.15) is 5.56 Å². The van der Waals surface area contributed by atoms with Gasteiger partial charge >= 0.3 is 6.09 Å². The van der Waals surface area contributed by atoms with Crippen molar-refractivity contribution >= 4 is 39.1 Å². The number of nitrogens with zero attached hydrogens (tertiary/aromatic N) is 2. The summed E-state index contributed by atoms with van der Waals surface area (Å²) in [5.74, 6) is 0. The van der Waals surface area contributed by atoms with Crippen LogP contribution in [0.4, 0.5) is 4.79 Å². The predicted octanol–water partition coefficient (Wildman–Crippen LogP) is 4.22. The zero-order valence-electron chi connectivity index (χ0n) is 13.7. The lowest BCUT2D eigenvalue weighted by Crippen LogP contribution is -2.23. The maximum absolute atomic E-state index is 13.1. The van der Waals surface area contributed by atoms with Gasteiger partial charge in [0.1, 0.15) is 0 Å². The van der Waals surface area contributed by atoms with Crippen molar-refractivity contribution in [1.82, 2.24) is 8.87 Å². The van der Waals surface area contributed by atoms with Crippen molar-refractivity contribution in [3.05, 3.63) is 63.9 Å². The molecule has 1 amide bonds. The predicted molar refractivity (Wildman–Crippen MR) is 101 cm³/mol. The number of rotatable bonds is 5. The minimum absolute atomic E-state index is 0.0650. The molecule has 26 heavy (non-hydrogen) atoms. The van der Waals surface area contributed by atoms with Gasteiger partial charge in [-0.15, -0.1) is 0 Å². The first kappa shape index (κ1) is 18.5. The fraction of sp³-hybridized carbons (Fsp3) is 0.118. The maximum atomic E-state index is 13.1. The van der Waals surface area contributed by atoms with Gasteiger partial charge in [-0.05, 0) is 41.3 Å². The Kier molecular flexibility index (Phi) is 5.08. The summed E-state index contributed by atoms with van der Waals surface area (Å²) in [6.45, 7) is 0.0739. The first-order valence-corrected chi connectivity index (χ1v) is 10.2. The zero-order valence-corrected chi connectivity index (χ0v) is 16.1. The van der Waals surface area contributed by atoms with Gasteiger partial charge in [0.25, 0.3) is 10.0 Å². The molecule has 1 aromatic carbocycles. The monoisotopic (exact) mass is 410 g/mol. The third-order valence-electron chi connectivity index (χ3n) is 3.76. The van der Waals surface area contributed by atoms with Gasteiger partial charge in [-0.1, -0.05) is 17.7 Å². The molecule has 0 fully saturated rings. The topological polar surface area (TPSA) is 79.6 Å². The van der Waals surface area contributed by atoms with E-state index in [9.17, 15) is 13.2 Å². The molecule has 0 atom stereocenters. The van der Waals surface area contributed by atoms with Crippen molar-refractivity contribution in [1.29, 1.82) is 0 Å². The van der Waals surface area contributed by atoms with Gasteiger partial charge < -0.3 is 10.0 Å². The Morgan fingerprint density at radius 1 is 1.31 bits per heavy atom. The lowest BCUT2D eigenvalue weighted by molar-refractivity contribution is 0.154. The molecule has 3 aromatic rings. The van der Waals surface area contributed by atoms with Crippen molar-refractivity contribution in [2.75, 3.05) is 7.05 Å². The molecule has 0 unspecified atom stereocenters. The van der Waals surface area contributed by atoms with E-state index >= 15 is 0 Å².